The Morgan fingerprint density at radius 3 is 2.67 bits per heavy atom. The lowest BCUT2D eigenvalue weighted by Gasteiger charge is -2.25. The summed E-state index contributed by atoms with van der Waals surface area (Å²) in [5.41, 5.74) is 1.66. The average molecular weight is 285 g/mol. The van der Waals surface area contributed by atoms with Crippen LogP contribution in [0.1, 0.15) is 34.6 Å². The van der Waals surface area contributed by atoms with E-state index in [2.05, 4.69) is 4.98 Å². The van der Waals surface area contributed by atoms with Crippen LogP contribution in [0.25, 0.3) is 0 Å². The fourth-order valence-corrected chi connectivity index (χ4v) is 2.10. The molecule has 0 spiro atoms. The Morgan fingerprint density at radius 2 is 2.05 bits per heavy atom. The van der Waals surface area contributed by atoms with Gasteiger partial charge in [0, 0.05) is 32.2 Å². The van der Waals surface area contributed by atoms with E-state index in [0.717, 1.165) is 11.3 Å². The lowest BCUT2D eigenvalue weighted by atomic mass is 10.1. The number of nitrogens with zero attached hydrogens (tertiary/aromatic N) is 3. The molecule has 1 atom stereocenters. The van der Waals surface area contributed by atoms with E-state index in [4.69, 9.17) is 0 Å². The summed E-state index contributed by atoms with van der Waals surface area (Å²) < 4.78 is 1.48. The Labute approximate surface area is 123 Å². The lowest BCUT2D eigenvalue weighted by Crippen LogP contribution is -2.35. The molecule has 0 bridgehead atoms. The normalized spacial score (nSPS) is 12.0. The van der Waals surface area contributed by atoms with Crippen molar-refractivity contribution in [2.45, 2.75) is 19.9 Å². The molecule has 0 saturated heterocycles. The maximum Gasteiger partial charge on any atom is 0.263 e. The van der Waals surface area contributed by atoms with E-state index in [1.54, 1.807) is 43.5 Å². The van der Waals surface area contributed by atoms with E-state index in [1.807, 2.05) is 26.0 Å². The molecule has 2 rings (SSSR count). The second-order valence-corrected chi connectivity index (χ2v) is 5.13. The zero-order chi connectivity index (χ0) is 15.6. The minimum absolute atomic E-state index is 0.155. The van der Waals surface area contributed by atoms with Gasteiger partial charge < -0.3 is 9.47 Å². The number of aryl methyl sites for hydroxylation is 1. The Balaban J connectivity index is 2.32. The van der Waals surface area contributed by atoms with Crippen molar-refractivity contribution in [1.29, 1.82) is 0 Å². The monoisotopic (exact) mass is 285 g/mol. The number of rotatable bonds is 3. The second-order valence-electron chi connectivity index (χ2n) is 5.13. The van der Waals surface area contributed by atoms with Crippen molar-refractivity contribution in [3.05, 3.63) is 63.8 Å². The first-order valence-corrected chi connectivity index (χ1v) is 6.77. The molecule has 5 heteroatoms. The van der Waals surface area contributed by atoms with Crippen molar-refractivity contribution in [3.63, 3.8) is 0 Å². The van der Waals surface area contributed by atoms with Crippen LogP contribution in [0.5, 0.6) is 0 Å². The number of carbonyl (C=O) groups is 1. The molecule has 1 amide bonds. The van der Waals surface area contributed by atoms with Gasteiger partial charge in [0.2, 0.25) is 0 Å². The van der Waals surface area contributed by atoms with Crippen LogP contribution in [0.15, 0.2) is 41.5 Å². The van der Waals surface area contributed by atoms with Crippen LogP contribution in [0.2, 0.25) is 0 Å². The predicted molar refractivity (Wildman–Crippen MR) is 81.2 cm³/mol. The minimum Gasteiger partial charge on any atom is -0.335 e. The van der Waals surface area contributed by atoms with Crippen LogP contribution >= 0.6 is 0 Å². The number of pyridine rings is 2. The molecule has 0 saturated carbocycles. The van der Waals surface area contributed by atoms with Crippen LogP contribution < -0.4 is 5.56 Å². The average Bonchev–Trinajstić information content (AvgIpc) is 2.51. The predicted octanol–water partition coefficient (Wildman–Crippen LogP) is 1.92. The van der Waals surface area contributed by atoms with Crippen LogP contribution in [0, 0.1) is 6.92 Å². The van der Waals surface area contributed by atoms with Gasteiger partial charge in [0.1, 0.15) is 5.56 Å². The number of carbonyl (C=O) groups excluding carboxylic acids is 1. The molecule has 0 radical (unpaired) electrons. The van der Waals surface area contributed by atoms with Gasteiger partial charge in [-0.1, -0.05) is 6.07 Å². The summed E-state index contributed by atoms with van der Waals surface area (Å²) >= 11 is 0. The van der Waals surface area contributed by atoms with E-state index < -0.39 is 0 Å². The topological polar surface area (TPSA) is 55.2 Å². The molecule has 0 fully saturated rings. The maximum atomic E-state index is 12.5. The Kier molecular flexibility index (Phi) is 4.21. The first-order valence-electron chi connectivity index (χ1n) is 6.77. The summed E-state index contributed by atoms with van der Waals surface area (Å²) in [6.07, 6.45) is 3.41. The number of hydrogen-bond acceptors (Lipinski definition) is 3. The van der Waals surface area contributed by atoms with Crippen molar-refractivity contribution in [3.8, 4) is 0 Å². The smallest absolute Gasteiger partial charge is 0.263 e. The molecular weight excluding hydrogens is 266 g/mol. The van der Waals surface area contributed by atoms with Crippen LogP contribution in [-0.4, -0.2) is 27.4 Å². The molecule has 2 aromatic heterocycles. The van der Waals surface area contributed by atoms with E-state index in [1.165, 1.54) is 4.57 Å². The zero-order valence-electron chi connectivity index (χ0n) is 12.7. The molecule has 2 aromatic rings. The molecule has 0 N–H and O–H groups in total. The van der Waals surface area contributed by atoms with E-state index in [-0.39, 0.29) is 23.1 Å². The van der Waals surface area contributed by atoms with Crippen LogP contribution in [0.3, 0.4) is 0 Å². The summed E-state index contributed by atoms with van der Waals surface area (Å²) in [6.45, 7) is 3.74. The minimum atomic E-state index is -0.285. The van der Waals surface area contributed by atoms with Gasteiger partial charge >= 0.3 is 0 Å². The molecule has 0 aliphatic rings. The highest BCUT2D eigenvalue weighted by atomic mass is 16.2. The van der Waals surface area contributed by atoms with Crippen molar-refractivity contribution < 1.29 is 4.79 Å². The third-order valence-electron chi connectivity index (χ3n) is 3.85. The first kappa shape index (κ1) is 15.0. The number of aromatic nitrogens is 2. The Bertz CT molecular complexity index is 707. The van der Waals surface area contributed by atoms with Gasteiger partial charge in [-0.05, 0) is 37.6 Å². The van der Waals surface area contributed by atoms with Crippen LogP contribution in [-0.2, 0) is 7.05 Å². The molecule has 21 heavy (non-hydrogen) atoms. The molecule has 2 heterocycles. The third-order valence-corrected chi connectivity index (χ3v) is 3.85. The molecule has 0 aliphatic heterocycles. The Morgan fingerprint density at radius 1 is 1.33 bits per heavy atom. The highest BCUT2D eigenvalue weighted by molar-refractivity contribution is 5.94. The van der Waals surface area contributed by atoms with E-state index in [9.17, 15) is 9.59 Å². The summed E-state index contributed by atoms with van der Waals surface area (Å²) in [5.74, 6) is -0.285. The van der Waals surface area contributed by atoms with E-state index >= 15 is 0 Å². The Hall–Kier alpha value is -2.43. The molecule has 5 nitrogen and oxygen atoms in total. The van der Waals surface area contributed by atoms with Gasteiger partial charge in [-0.15, -0.1) is 0 Å². The fraction of sp³-hybridized carbons (Fsp3) is 0.312. The largest absolute Gasteiger partial charge is 0.335 e. The fourth-order valence-electron chi connectivity index (χ4n) is 2.10. The van der Waals surface area contributed by atoms with Crippen molar-refractivity contribution in [1.82, 2.24) is 14.5 Å². The van der Waals surface area contributed by atoms with Crippen LogP contribution in [0.4, 0.5) is 0 Å². The van der Waals surface area contributed by atoms with Gasteiger partial charge in [0.15, 0.2) is 0 Å². The summed E-state index contributed by atoms with van der Waals surface area (Å²) in [5, 5.41) is 0. The van der Waals surface area contributed by atoms with Gasteiger partial charge in [0.25, 0.3) is 11.5 Å². The molecule has 0 unspecified atom stereocenters. The zero-order valence-corrected chi connectivity index (χ0v) is 12.7. The first-order chi connectivity index (χ1) is 9.93. The number of hydrogen-bond donors (Lipinski definition) is 0. The van der Waals surface area contributed by atoms with Gasteiger partial charge in [0.05, 0.1) is 6.04 Å². The van der Waals surface area contributed by atoms with Crippen molar-refractivity contribution in [2.24, 2.45) is 7.05 Å². The SMILES string of the molecule is Cc1ccc(C(=O)N(C)[C@@H](C)c2cccnc2)c(=O)n1C. The highest BCUT2D eigenvalue weighted by Gasteiger charge is 2.21. The molecule has 0 aromatic carbocycles. The maximum absolute atomic E-state index is 12.5. The van der Waals surface area contributed by atoms with Crippen molar-refractivity contribution in [2.75, 3.05) is 7.05 Å². The van der Waals surface area contributed by atoms with Gasteiger partial charge in [-0.3, -0.25) is 14.6 Å². The highest BCUT2D eigenvalue weighted by Crippen LogP contribution is 2.18. The second kappa shape index (κ2) is 5.91. The van der Waals surface area contributed by atoms with Gasteiger partial charge in [-0.2, -0.15) is 0 Å². The summed E-state index contributed by atoms with van der Waals surface area (Å²) in [7, 11) is 3.36. The quantitative estimate of drug-likeness (QED) is 0.865. The van der Waals surface area contributed by atoms with Gasteiger partial charge in [-0.25, -0.2) is 0 Å². The summed E-state index contributed by atoms with van der Waals surface area (Å²) in [6, 6.07) is 6.95. The third kappa shape index (κ3) is 2.86. The molecular formula is C16H19N3O2. The standard InChI is InChI=1S/C16H19N3O2/c1-11-7-8-14(15(20)18(11)3)16(21)19(4)12(2)13-6-5-9-17-10-13/h5-10,12H,1-4H3/t12-/m0/s1. The molecule has 110 valence electrons. The lowest BCUT2D eigenvalue weighted by molar-refractivity contribution is 0.0740. The summed E-state index contributed by atoms with van der Waals surface area (Å²) in [4.78, 5) is 30.4. The number of amides is 1. The van der Waals surface area contributed by atoms with Crippen molar-refractivity contribution >= 4 is 5.91 Å². The molecule has 0 aliphatic carbocycles. The van der Waals surface area contributed by atoms with E-state index in [0.29, 0.717) is 0 Å².